The molecule has 0 spiro atoms. The van der Waals surface area contributed by atoms with Gasteiger partial charge in [-0.1, -0.05) is 6.08 Å². The van der Waals surface area contributed by atoms with E-state index in [2.05, 4.69) is 11.6 Å². The van der Waals surface area contributed by atoms with Gasteiger partial charge in [-0.3, -0.25) is 4.98 Å². The Bertz CT molecular complexity index is 277. The molecule has 0 bridgehead atoms. The first kappa shape index (κ1) is 9.74. The first-order chi connectivity index (χ1) is 6.15. The van der Waals surface area contributed by atoms with E-state index in [9.17, 15) is 0 Å². The molecule has 4 N–H and O–H groups in total. The summed E-state index contributed by atoms with van der Waals surface area (Å²) in [5, 5.41) is 0. The number of anilines is 1. The number of nitrogens with two attached hydrogens (primary N) is 2. The van der Waals surface area contributed by atoms with Gasteiger partial charge in [0.1, 0.15) is 0 Å². The van der Waals surface area contributed by atoms with Gasteiger partial charge in [0.25, 0.3) is 0 Å². The van der Waals surface area contributed by atoms with E-state index in [1.54, 1.807) is 6.20 Å². The molecule has 0 aliphatic heterocycles. The molecule has 2 unspecified atom stereocenters. The van der Waals surface area contributed by atoms with Crippen molar-refractivity contribution in [3.63, 3.8) is 0 Å². The monoisotopic (exact) mass is 177 g/mol. The van der Waals surface area contributed by atoms with E-state index in [0.29, 0.717) is 5.69 Å². The van der Waals surface area contributed by atoms with E-state index < -0.39 is 0 Å². The summed E-state index contributed by atoms with van der Waals surface area (Å²) in [6.45, 7) is 5.66. The maximum absolute atomic E-state index is 5.77. The SMILES string of the molecule is C=CC(c1ccc(N)cn1)C(C)N. The van der Waals surface area contributed by atoms with Gasteiger partial charge in [-0.25, -0.2) is 0 Å². The third-order valence-corrected chi connectivity index (χ3v) is 1.97. The fourth-order valence-corrected chi connectivity index (χ4v) is 1.22. The number of hydrogen-bond acceptors (Lipinski definition) is 3. The van der Waals surface area contributed by atoms with Crippen LogP contribution in [-0.4, -0.2) is 11.0 Å². The zero-order valence-electron chi connectivity index (χ0n) is 7.77. The Balaban J connectivity index is 2.92. The zero-order valence-corrected chi connectivity index (χ0v) is 7.77. The van der Waals surface area contributed by atoms with Crippen molar-refractivity contribution in [2.24, 2.45) is 5.73 Å². The highest BCUT2D eigenvalue weighted by atomic mass is 14.7. The van der Waals surface area contributed by atoms with Gasteiger partial charge >= 0.3 is 0 Å². The summed E-state index contributed by atoms with van der Waals surface area (Å²) in [6, 6.07) is 3.72. The van der Waals surface area contributed by atoms with Crippen molar-refractivity contribution in [3.8, 4) is 0 Å². The first-order valence-electron chi connectivity index (χ1n) is 4.24. The van der Waals surface area contributed by atoms with E-state index in [0.717, 1.165) is 5.69 Å². The number of pyridine rings is 1. The molecule has 1 heterocycles. The van der Waals surface area contributed by atoms with Gasteiger partial charge in [-0.15, -0.1) is 6.58 Å². The van der Waals surface area contributed by atoms with Crippen LogP contribution in [0.2, 0.25) is 0 Å². The van der Waals surface area contributed by atoms with Crippen LogP contribution in [0.15, 0.2) is 31.0 Å². The minimum absolute atomic E-state index is 0.0219. The Hall–Kier alpha value is -1.35. The molecule has 0 radical (unpaired) electrons. The second-order valence-electron chi connectivity index (χ2n) is 3.14. The molecule has 0 saturated carbocycles. The Morgan fingerprint density at radius 3 is 2.62 bits per heavy atom. The summed E-state index contributed by atoms with van der Waals surface area (Å²) in [5.74, 6) is 0.0978. The number of hydrogen-bond donors (Lipinski definition) is 2. The molecular weight excluding hydrogens is 162 g/mol. The lowest BCUT2D eigenvalue weighted by Gasteiger charge is -2.15. The molecular formula is C10H15N3. The Labute approximate surface area is 78.5 Å². The van der Waals surface area contributed by atoms with Crippen LogP contribution >= 0.6 is 0 Å². The minimum atomic E-state index is 0.0219. The van der Waals surface area contributed by atoms with Crippen molar-refractivity contribution in [2.75, 3.05) is 5.73 Å². The summed E-state index contributed by atoms with van der Waals surface area (Å²) in [6.07, 6.45) is 3.44. The zero-order chi connectivity index (χ0) is 9.84. The number of rotatable bonds is 3. The first-order valence-corrected chi connectivity index (χ1v) is 4.24. The van der Waals surface area contributed by atoms with E-state index in [4.69, 9.17) is 11.5 Å². The smallest absolute Gasteiger partial charge is 0.0501 e. The van der Waals surface area contributed by atoms with Gasteiger partial charge < -0.3 is 11.5 Å². The fourth-order valence-electron chi connectivity index (χ4n) is 1.22. The summed E-state index contributed by atoms with van der Waals surface area (Å²) in [4.78, 5) is 4.19. The molecule has 3 heteroatoms. The highest BCUT2D eigenvalue weighted by molar-refractivity contribution is 5.36. The Morgan fingerprint density at radius 2 is 2.23 bits per heavy atom. The molecule has 1 aromatic heterocycles. The molecule has 3 nitrogen and oxygen atoms in total. The molecule has 0 aliphatic carbocycles. The van der Waals surface area contributed by atoms with Gasteiger partial charge in [0.05, 0.1) is 11.9 Å². The maximum atomic E-state index is 5.77. The van der Waals surface area contributed by atoms with Gasteiger partial charge in [-0.2, -0.15) is 0 Å². The number of nitrogen functional groups attached to an aromatic ring is 1. The summed E-state index contributed by atoms with van der Waals surface area (Å²) in [7, 11) is 0. The van der Waals surface area contributed by atoms with Crippen LogP contribution in [0.4, 0.5) is 5.69 Å². The van der Waals surface area contributed by atoms with Crippen molar-refractivity contribution < 1.29 is 0 Å². The van der Waals surface area contributed by atoms with Gasteiger partial charge in [0, 0.05) is 17.7 Å². The van der Waals surface area contributed by atoms with Crippen LogP contribution in [0.1, 0.15) is 18.5 Å². The van der Waals surface area contributed by atoms with Crippen molar-refractivity contribution >= 4 is 5.69 Å². The fraction of sp³-hybridized carbons (Fsp3) is 0.300. The second-order valence-corrected chi connectivity index (χ2v) is 3.14. The van der Waals surface area contributed by atoms with Crippen LogP contribution < -0.4 is 11.5 Å². The Morgan fingerprint density at radius 1 is 1.54 bits per heavy atom. The largest absolute Gasteiger partial charge is 0.397 e. The van der Waals surface area contributed by atoms with Crippen LogP contribution in [0.5, 0.6) is 0 Å². The molecule has 0 aliphatic rings. The van der Waals surface area contributed by atoms with Crippen molar-refractivity contribution in [1.82, 2.24) is 4.98 Å². The molecule has 1 aromatic rings. The van der Waals surface area contributed by atoms with Crippen molar-refractivity contribution in [3.05, 3.63) is 36.7 Å². The summed E-state index contributed by atoms with van der Waals surface area (Å²) < 4.78 is 0. The molecule has 2 atom stereocenters. The minimum Gasteiger partial charge on any atom is -0.397 e. The molecule has 70 valence electrons. The van der Waals surface area contributed by atoms with Crippen molar-refractivity contribution in [2.45, 2.75) is 18.9 Å². The van der Waals surface area contributed by atoms with Gasteiger partial charge in [0.15, 0.2) is 0 Å². The quantitative estimate of drug-likeness (QED) is 0.683. The average Bonchev–Trinajstić information content (AvgIpc) is 2.09. The lowest BCUT2D eigenvalue weighted by molar-refractivity contribution is 0.648. The third kappa shape index (κ3) is 2.29. The maximum Gasteiger partial charge on any atom is 0.0501 e. The molecule has 0 saturated heterocycles. The van der Waals surface area contributed by atoms with E-state index in [1.807, 2.05) is 25.1 Å². The standard InChI is InChI=1S/C10H15N3/c1-3-9(7(2)11)10-5-4-8(12)6-13-10/h3-7,9H,1,11-12H2,2H3. The lowest BCUT2D eigenvalue weighted by Crippen LogP contribution is -2.23. The predicted octanol–water partition coefficient (Wildman–Crippen LogP) is 1.28. The highest BCUT2D eigenvalue weighted by Crippen LogP contribution is 2.17. The third-order valence-electron chi connectivity index (χ3n) is 1.97. The number of aromatic nitrogens is 1. The Kier molecular flexibility index (Phi) is 3.03. The molecule has 1 rings (SSSR count). The van der Waals surface area contributed by atoms with E-state index >= 15 is 0 Å². The molecule has 0 fully saturated rings. The lowest BCUT2D eigenvalue weighted by atomic mass is 9.98. The highest BCUT2D eigenvalue weighted by Gasteiger charge is 2.12. The second kappa shape index (κ2) is 4.05. The van der Waals surface area contributed by atoms with Crippen LogP contribution in [-0.2, 0) is 0 Å². The van der Waals surface area contributed by atoms with Crippen LogP contribution in [0, 0.1) is 0 Å². The topological polar surface area (TPSA) is 64.9 Å². The number of nitrogens with zero attached hydrogens (tertiary/aromatic N) is 1. The molecule has 13 heavy (non-hydrogen) atoms. The average molecular weight is 177 g/mol. The van der Waals surface area contributed by atoms with Crippen LogP contribution in [0.3, 0.4) is 0 Å². The van der Waals surface area contributed by atoms with Gasteiger partial charge in [-0.05, 0) is 19.1 Å². The predicted molar refractivity (Wildman–Crippen MR) is 55.2 cm³/mol. The van der Waals surface area contributed by atoms with Crippen molar-refractivity contribution in [1.29, 1.82) is 0 Å². The molecule has 0 aromatic carbocycles. The van der Waals surface area contributed by atoms with E-state index in [1.165, 1.54) is 0 Å². The van der Waals surface area contributed by atoms with E-state index in [-0.39, 0.29) is 12.0 Å². The summed E-state index contributed by atoms with van der Waals surface area (Å²) >= 11 is 0. The summed E-state index contributed by atoms with van der Waals surface area (Å²) in [5.41, 5.74) is 12.9. The molecule has 0 amide bonds. The van der Waals surface area contributed by atoms with Gasteiger partial charge in [0.2, 0.25) is 0 Å². The normalized spacial score (nSPS) is 14.9. The van der Waals surface area contributed by atoms with Crippen LogP contribution in [0.25, 0.3) is 0 Å².